The summed E-state index contributed by atoms with van der Waals surface area (Å²) in [5.41, 5.74) is 0. The number of unbranched alkanes of at least 4 members (excludes halogenated alkanes) is 2. The van der Waals surface area contributed by atoms with Gasteiger partial charge in [-0.2, -0.15) is 0 Å². The van der Waals surface area contributed by atoms with Crippen molar-refractivity contribution in [2.45, 2.75) is 65.2 Å². The zero-order valence-electron chi connectivity index (χ0n) is 12.8. The van der Waals surface area contributed by atoms with Crippen molar-refractivity contribution < 1.29 is 19.4 Å². The van der Waals surface area contributed by atoms with Crippen LogP contribution in [0.5, 0.6) is 0 Å². The highest BCUT2D eigenvalue weighted by Gasteiger charge is 2.30. The largest absolute Gasteiger partial charge is 0.481 e. The molecular formula is C16H28O4. The average molecular weight is 284 g/mol. The molecule has 4 heteroatoms. The zero-order valence-corrected chi connectivity index (χ0v) is 12.8. The maximum atomic E-state index is 11.8. The van der Waals surface area contributed by atoms with Gasteiger partial charge in [0.15, 0.2) is 0 Å². The van der Waals surface area contributed by atoms with Gasteiger partial charge in [-0.05, 0) is 38.0 Å². The SMILES string of the molecule is CC(C)CCCCCOC(=O)C1CCC(C(=O)O)CC1. The first-order valence-electron chi connectivity index (χ1n) is 7.90. The smallest absolute Gasteiger partial charge is 0.308 e. The molecule has 0 unspecified atom stereocenters. The molecule has 0 aromatic carbocycles. The minimum Gasteiger partial charge on any atom is -0.481 e. The normalized spacial score (nSPS) is 22.8. The molecule has 0 amide bonds. The van der Waals surface area contributed by atoms with Gasteiger partial charge < -0.3 is 9.84 Å². The standard InChI is InChI=1S/C16H28O4/c1-12(2)6-4-3-5-11-20-16(19)14-9-7-13(8-10-14)15(17)18/h12-14H,3-11H2,1-2H3,(H,17,18). The number of esters is 1. The molecule has 0 spiro atoms. The molecule has 0 atom stereocenters. The van der Waals surface area contributed by atoms with Crippen LogP contribution in [0.4, 0.5) is 0 Å². The van der Waals surface area contributed by atoms with Crippen molar-refractivity contribution in [2.24, 2.45) is 17.8 Å². The summed E-state index contributed by atoms with van der Waals surface area (Å²) in [6, 6.07) is 0. The van der Waals surface area contributed by atoms with E-state index in [-0.39, 0.29) is 17.8 Å². The number of hydrogen-bond acceptors (Lipinski definition) is 3. The van der Waals surface area contributed by atoms with Crippen LogP contribution in [0.3, 0.4) is 0 Å². The van der Waals surface area contributed by atoms with Crippen LogP contribution >= 0.6 is 0 Å². The van der Waals surface area contributed by atoms with Gasteiger partial charge in [-0.15, -0.1) is 0 Å². The van der Waals surface area contributed by atoms with Crippen LogP contribution in [0.1, 0.15) is 65.2 Å². The monoisotopic (exact) mass is 284 g/mol. The van der Waals surface area contributed by atoms with Gasteiger partial charge in [0.25, 0.3) is 0 Å². The summed E-state index contributed by atoms with van der Waals surface area (Å²) in [7, 11) is 0. The molecule has 0 aliphatic heterocycles. The number of aliphatic carboxylic acids is 1. The Morgan fingerprint density at radius 2 is 1.65 bits per heavy atom. The molecule has 1 aliphatic rings. The van der Waals surface area contributed by atoms with E-state index in [1.165, 1.54) is 12.8 Å². The summed E-state index contributed by atoms with van der Waals surface area (Å²) in [6.07, 6.45) is 6.98. The van der Waals surface area contributed by atoms with Gasteiger partial charge in [0, 0.05) is 0 Å². The van der Waals surface area contributed by atoms with Crippen molar-refractivity contribution in [3.63, 3.8) is 0 Å². The van der Waals surface area contributed by atoms with Crippen LogP contribution in [0, 0.1) is 17.8 Å². The summed E-state index contributed by atoms with van der Waals surface area (Å²) >= 11 is 0. The van der Waals surface area contributed by atoms with Crippen LogP contribution < -0.4 is 0 Å². The Morgan fingerprint density at radius 1 is 1.05 bits per heavy atom. The van der Waals surface area contributed by atoms with Crippen LogP contribution in [-0.4, -0.2) is 23.7 Å². The summed E-state index contributed by atoms with van der Waals surface area (Å²) < 4.78 is 5.30. The maximum absolute atomic E-state index is 11.8. The van der Waals surface area contributed by atoms with E-state index < -0.39 is 5.97 Å². The van der Waals surface area contributed by atoms with E-state index in [0.29, 0.717) is 32.3 Å². The molecule has 1 N–H and O–H groups in total. The molecule has 0 aromatic rings. The molecule has 0 bridgehead atoms. The van der Waals surface area contributed by atoms with E-state index in [1.807, 2.05) is 0 Å². The van der Waals surface area contributed by atoms with E-state index >= 15 is 0 Å². The number of carboxylic acid groups (broad SMARTS) is 1. The highest BCUT2D eigenvalue weighted by molar-refractivity contribution is 5.74. The predicted molar refractivity (Wildman–Crippen MR) is 77.3 cm³/mol. The lowest BCUT2D eigenvalue weighted by Crippen LogP contribution is -2.27. The Labute approximate surface area is 121 Å². The van der Waals surface area contributed by atoms with E-state index in [9.17, 15) is 9.59 Å². The topological polar surface area (TPSA) is 63.6 Å². The first-order chi connectivity index (χ1) is 9.50. The molecule has 20 heavy (non-hydrogen) atoms. The lowest BCUT2D eigenvalue weighted by molar-refractivity contribution is -0.152. The third-order valence-electron chi connectivity index (χ3n) is 4.08. The second kappa shape index (κ2) is 8.98. The van der Waals surface area contributed by atoms with Crippen molar-refractivity contribution in [2.75, 3.05) is 6.61 Å². The Hall–Kier alpha value is -1.06. The molecule has 1 saturated carbocycles. The van der Waals surface area contributed by atoms with Crippen molar-refractivity contribution >= 4 is 11.9 Å². The Morgan fingerprint density at radius 3 is 2.20 bits per heavy atom. The summed E-state index contributed by atoms with van der Waals surface area (Å²) in [5, 5.41) is 8.91. The number of hydrogen-bond donors (Lipinski definition) is 1. The van der Waals surface area contributed by atoms with Crippen LogP contribution in [0.25, 0.3) is 0 Å². The second-order valence-corrected chi connectivity index (χ2v) is 6.30. The van der Waals surface area contributed by atoms with Crippen molar-refractivity contribution in [3.05, 3.63) is 0 Å². The molecule has 1 rings (SSSR count). The lowest BCUT2D eigenvalue weighted by atomic mass is 9.82. The first kappa shape index (κ1) is 17.0. The molecule has 0 heterocycles. The summed E-state index contributed by atoms with van der Waals surface area (Å²) in [6.45, 7) is 4.94. The molecule has 1 aliphatic carbocycles. The Kier molecular flexibility index (Phi) is 7.63. The molecule has 0 radical (unpaired) electrons. The quantitative estimate of drug-likeness (QED) is 0.546. The minimum absolute atomic E-state index is 0.0822. The predicted octanol–water partition coefficient (Wildman–Crippen LogP) is 3.64. The molecular weight excluding hydrogens is 256 g/mol. The van der Waals surface area contributed by atoms with E-state index in [2.05, 4.69) is 13.8 Å². The molecule has 1 fully saturated rings. The van der Waals surface area contributed by atoms with Gasteiger partial charge in [-0.1, -0.05) is 33.1 Å². The highest BCUT2D eigenvalue weighted by Crippen LogP contribution is 2.29. The fourth-order valence-electron chi connectivity index (χ4n) is 2.70. The number of carbonyl (C=O) groups excluding carboxylic acids is 1. The van der Waals surface area contributed by atoms with Crippen LogP contribution in [0.2, 0.25) is 0 Å². The van der Waals surface area contributed by atoms with Crippen LogP contribution in [0.15, 0.2) is 0 Å². The van der Waals surface area contributed by atoms with E-state index in [1.54, 1.807) is 0 Å². The Bertz CT molecular complexity index is 304. The third-order valence-corrected chi connectivity index (χ3v) is 4.08. The number of carbonyl (C=O) groups is 2. The average Bonchev–Trinajstić information content (AvgIpc) is 2.42. The van der Waals surface area contributed by atoms with Gasteiger partial charge in [-0.3, -0.25) is 9.59 Å². The van der Waals surface area contributed by atoms with Gasteiger partial charge in [0.2, 0.25) is 0 Å². The van der Waals surface area contributed by atoms with E-state index in [0.717, 1.165) is 18.8 Å². The number of rotatable bonds is 8. The van der Waals surface area contributed by atoms with E-state index in [4.69, 9.17) is 9.84 Å². The fourth-order valence-corrected chi connectivity index (χ4v) is 2.70. The number of carboxylic acids is 1. The minimum atomic E-state index is -0.734. The van der Waals surface area contributed by atoms with Crippen molar-refractivity contribution in [1.82, 2.24) is 0 Å². The summed E-state index contributed by atoms with van der Waals surface area (Å²) in [5.74, 6) is -0.474. The summed E-state index contributed by atoms with van der Waals surface area (Å²) in [4.78, 5) is 22.7. The third kappa shape index (κ3) is 6.40. The van der Waals surface area contributed by atoms with Crippen LogP contribution in [-0.2, 0) is 14.3 Å². The first-order valence-corrected chi connectivity index (χ1v) is 7.90. The number of ether oxygens (including phenoxy) is 1. The fraction of sp³-hybridized carbons (Fsp3) is 0.875. The maximum Gasteiger partial charge on any atom is 0.308 e. The molecule has 4 nitrogen and oxygen atoms in total. The Balaban J connectivity index is 2.07. The zero-order chi connectivity index (χ0) is 15.0. The molecule has 0 aromatic heterocycles. The van der Waals surface area contributed by atoms with Gasteiger partial charge in [0.1, 0.15) is 0 Å². The van der Waals surface area contributed by atoms with Gasteiger partial charge >= 0.3 is 11.9 Å². The molecule has 0 saturated heterocycles. The second-order valence-electron chi connectivity index (χ2n) is 6.30. The molecule has 116 valence electrons. The van der Waals surface area contributed by atoms with Gasteiger partial charge in [-0.25, -0.2) is 0 Å². The van der Waals surface area contributed by atoms with Gasteiger partial charge in [0.05, 0.1) is 18.4 Å². The lowest BCUT2D eigenvalue weighted by Gasteiger charge is -2.24. The van der Waals surface area contributed by atoms with Crippen molar-refractivity contribution in [1.29, 1.82) is 0 Å². The highest BCUT2D eigenvalue weighted by atomic mass is 16.5. The van der Waals surface area contributed by atoms with Crippen molar-refractivity contribution in [3.8, 4) is 0 Å².